The maximum atomic E-state index is 13.3. The fourth-order valence-corrected chi connectivity index (χ4v) is 5.77. The van der Waals surface area contributed by atoms with E-state index in [0.717, 1.165) is 55.3 Å². The van der Waals surface area contributed by atoms with Crippen molar-refractivity contribution in [3.63, 3.8) is 0 Å². The molecule has 2 saturated heterocycles. The van der Waals surface area contributed by atoms with Gasteiger partial charge in [-0.05, 0) is 30.2 Å². The Bertz CT molecular complexity index is 1350. The number of H-pyrrole nitrogens is 1. The molecule has 212 valence electrons. The van der Waals surface area contributed by atoms with Crippen LogP contribution in [0.1, 0.15) is 30.5 Å². The number of carbonyl (C=O) groups is 1. The van der Waals surface area contributed by atoms with Crippen LogP contribution in [0.25, 0.3) is 0 Å². The van der Waals surface area contributed by atoms with Crippen LogP contribution in [0.3, 0.4) is 0 Å². The number of hydrogen-bond donors (Lipinski definition) is 1. The zero-order chi connectivity index (χ0) is 28.1. The van der Waals surface area contributed by atoms with Crippen LogP contribution in [0.4, 0.5) is 11.6 Å². The molecule has 10 heteroatoms. The Kier molecular flexibility index (Phi) is 8.91. The van der Waals surface area contributed by atoms with Gasteiger partial charge in [0, 0.05) is 70.0 Å². The molecule has 0 saturated carbocycles. The molecule has 0 radical (unpaired) electrons. The van der Waals surface area contributed by atoms with E-state index in [-0.39, 0.29) is 17.4 Å². The van der Waals surface area contributed by atoms with Crippen molar-refractivity contribution < 1.29 is 9.53 Å². The fourth-order valence-electron chi connectivity index (χ4n) is 5.61. The van der Waals surface area contributed by atoms with Gasteiger partial charge >= 0.3 is 0 Å². The molecule has 40 heavy (non-hydrogen) atoms. The van der Waals surface area contributed by atoms with E-state index in [2.05, 4.69) is 26.6 Å². The van der Waals surface area contributed by atoms with Crippen molar-refractivity contribution in [3.05, 3.63) is 81.2 Å². The summed E-state index contributed by atoms with van der Waals surface area (Å²) in [5.41, 5.74) is 2.65. The van der Waals surface area contributed by atoms with Crippen molar-refractivity contribution in [2.45, 2.75) is 25.8 Å². The predicted molar refractivity (Wildman–Crippen MR) is 159 cm³/mol. The van der Waals surface area contributed by atoms with Crippen LogP contribution < -0.4 is 20.1 Å². The van der Waals surface area contributed by atoms with E-state index in [1.165, 1.54) is 0 Å². The number of methoxy groups -OCH3 is 1. The number of amides is 1. The molecular weight excluding hydrogens is 528 g/mol. The first kappa shape index (κ1) is 28.0. The number of anilines is 2. The number of hydrogen-bond acceptors (Lipinski definition) is 7. The van der Waals surface area contributed by atoms with Crippen LogP contribution in [0.2, 0.25) is 5.02 Å². The number of aromatic nitrogens is 2. The number of ether oxygens (including phenoxy) is 1. The minimum atomic E-state index is -0.157. The number of carbonyl (C=O) groups excluding carboxylic acids is 1. The smallest absolute Gasteiger partial charge is 0.252 e. The van der Waals surface area contributed by atoms with E-state index in [0.29, 0.717) is 43.7 Å². The Morgan fingerprint density at radius 2 is 1.68 bits per heavy atom. The summed E-state index contributed by atoms with van der Waals surface area (Å²) in [5, 5.41) is 0.685. The maximum Gasteiger partial charge on any atom is 0.252 e. The zero-order valence-corrected chi connectivity index (χ0v) is 23.9. The van der Waals surface area contributed by atoms with Gasteiger partial charge < -0.3 is 19.4 Å². The highest BCUT2D eigenvalue weighted by atomic mass is 35.5. The Labute approximate surface area is 240 Å². The molecule has 1 atom stereocenters. The lowest BCUT2D eigenvalue weighted by atomic mass is 9.95. The lowest BCUT2D eigenvalue weighted by Gasteiger charge is -2.37. The maximum absolute atomic E-state index is 13.3. The summed E-state index contributed by atoms with van der Waals surface area (Å²) in [6, 6.07) is 17.2. The third-order valence-electron chi connectivity index (χ3n) is 7.82. The molecule has 2 aliphatic rings. The summed E-state index contributed by atoms with van der Waals surface area (Å²) in [5.74, 6) is 1.42. The molecule has 1 amide bonds. The number of halogens is 1. The predicted octanol–water partition coefficient (Wildman–Crippen LogP) is 3.60. The second-order valence-corrected chi connectivity index (χ2v) is 10.8. The number of rotatable bonds is 8. The molecule has 5 rings (SSSR count). The largest absolute Gasteiger partial charge is 0.495 e. The van der Waals surface area contributed by atoms with E-state index in [9.17, 15) is 9.59 Å². The molecule has 0 bridgehead atoms. The third-order valence-corrected chi connectivity index (χ3v) is 8.06. The van der Waals surface area contributed by atoms with E-state index < -0.39 is 0 Å². The van der Waals surface area contributed by atoms with E-state index in [1.807, 2.05) is 53.4 Å². The molecule has 0 spiro atoms. The average molecular weight is 565 g/mol. The van der Waals surface area contributed by atoms with Crippen molar-refractivity contribution in [2.24, 2.45) is 0 Å². The fraction of sp³-hybridized carbons (Fsp3) is 0.433. The van der Waals surface area contributed by atoms with Gasteiger partial charge in [0.25, 0.3) is 5.56 Å². The molecule has 3 aromatic rings. The Morgan fingerprint density at radius 1 is 0.975 bits per heavy atom. The van der Waals surface area contributed by atoms with Gasteiger partial charge in [0.2, 0.25) is 11.9 Å². The average Bonchev–Trinajstić information content (AvgIpc) is 2.98. The second kappa shape index (κ2) is 12.7. The van der Waals surface area contributed by atoms with Crippen molar-refractivity contribution in [1.29, 1.82) is 0 Å². The standard InChI is InChI=1S/C30H37ClN6O3/c1-3-25(22-7-5-4-6-8-22)29(39)36-15-17-37(18-16-36)30-32-24(20-28(38)33-30)21-34-11-13-35(14-12-34)26-19-23(31)9-10-27(26)40-2/h4-10,19-20,25H,3,11-18,21H2,1-2H3,(H,32,33,38). The number of aromatic amines is 1. The zero-order valence-electron chi connectivity index (χ0n) is 23.2. The lowest BCUT2D eigenvalue weighted by Crippen LogP contribution is -2.50. The molecule has 2 aliphatic heterocycles. The number of nitrogens with one attached hydrogen (secondary N) is 1. The van der Waals surface area contributed by atoms with E-state index >= 15 is 0 Å². The molecule has 1 aromatic heterocycles. The molecule has 2 fully saturated rings. The molecule has 0 aliphatic carbocycles. The second-order valence-electron chi connectivity index (χ2n) is 10.3. The first-order valence-corrected chi connectivity index (χ1v) is 14.3. The molecule has 3 heterocycles. The summed E-state index contributed by atoms with van der Waals surface area (Å²) in [7, 11) is 1.67. The van der Waals surface area contributed by atoms with Crippen molar-refractivity contribution in [2.75, 3.05) is 69.3 Å². The highest BCUT2D eigenvalue weighted by molar-refractivity contribution is 6.30. The van der Waals surface area contributed by atoms with Gasteiger partial charge in [-0.25, -0.2) is 4.98 Å². The molecule has 2 aromatic carbocycles. The summed E-state index contributed by atoms with van der Waals surface area (Å²) in [6.07, 6.45) is 0.765. The van der Waals surface area contributed by atoms with Gasteiger partial charge in [0.15, 0.2) is 0 Å². The van der Waals surface area contributed by atoms with E-state index in [4.69, 9.17) is 21.3 Å². The summed E-state index contributed by atoms with van der Waals surface area (Å²) in [6.45, 7) is 8.43. The summed E-state index contributed by atoms with van der Waals surface area (Å²) < 4.78 is 5.53. The van der Waals surface area contributed by atoms with Gasteiger partial charge in [0.05, 0.1) is 24.4 Å². The Hall–Kier alpha value is -3.56. The lowest BCUT2D eigenvalue weighted by molar-refractivity contribution is -0.133. The molecule has 1 unspecified atom stereocenters. The molecular formula is C30H37ClN6O3. The highest BCUT2D eigenvalue weighted by Crippen LogP contribution is 2.32. The normalized spacial score (nSPS) is 17.1. The molecule has 9 nitrogen and oxygen atoms in total. The van der Waals surface area contributed by atoms with Crippen LogP contribution in [-0.4, -0.2) is 85.1 Å². The monoisotopic (exact) mass is 564 g/mol. The molecule has 1 N–H and O–H groups in total. The van der Waals surface area contributed by atoms with Crippen molar-refractivity contribution >= 4 is 29.1 Å². The van der Waals surface area contributed by atoms with Crippen LogP contribution in [-0.2, 0) is 11.3 Å². The van der Waals surface area contributed by atoms with Crippen molar-refractivity contribution in [1.82, 2.24) is 19.8 Å². The summed E-state index contributed by atoms with van der Waals surface area (Å²) in [4.78, 5) is 42.1. The highest BCUT2D eigenvalue weighted by Gasteiger charge is 2.28. The quantitative estimate of drug-likeness (QED) is 0.447. The van der Waals surface area contributed by atoms with Crippen molar-refractivity contribution in [3.8, 4) is 5.75 Å². The number of piperazine rings is 2. The van der Waals surface area contributed by atoms with Crippen LogP contribution in [0.15, 0.2) is 59.4 Å². The number of benzene rings is 2. The Balaban J connectivity index is 1.18. The minimum absolute atomic E-state index is 0.130. The van der Waals surface area contributed by atoms with Crippen LogP contribution in [0.5, 0.6) is 5.75 Å². The van der Waals surface area contributed by atoms with Gasteiger partial charge in [-0.15, -0.1) is 0 Å². The topological polar surface area (TPSA) is 85.0 Å². The first-order chi connectivity index (χ1) is 19.4. The van der Waals surface area contributed by atoms with Crippen LogP contribution in [0, 0.1) is 0 Å². The van der Waals surface area contributed by atoms with Gasteiger partial charge in [-0.2, -0.15) is 0 Å². The summed E-state index contributed by atoms with van der Waals surface area (Å²) >= 11 is 6.24. The van der Waals surface area contributed by atoms with Gasteiger partial charge in [-0.3, -0.25) is 19.5 Å². The van der Waals surface area contributed by atoms with Crippen LogP contribution >= 0.6 is 11.6 Å². The minimum Gasteiger partial charge on any atom is -0.495 e. The number of nitrogens with zero attached hydrogens (tertiary/aromatic N) is 5. The van der Waals surface area contributed by atoms with Gasteiger partial charge in [0.1, 0.15) is 5.75 Å². The Morgan fingerprint density at radius 3 is 2.35 bits per heavy atom. The van der Waals surface area contributed by atoms with Gasteiger partial charge in [-0.1, -0.05) is 48.9 Å². The van der Waals surface area contributed by atoms with E-state index in [1.54, 1.807) is 13.2 Å². The SMILES string of the molecule is CCC(C(=O)N1CCN(c2nc(CN3CCN(c4cc(Cl)ccc4OC)CC3)cc(=O)[nH]2)CC1)c1ccccc1. The third kappa shape index (κ3) is 6.42. The first-order valence-electron chi connectivity index (χ1n) is 13.9.